The molecule has 0 aliphatic carbocycles. The topological polar surface area (TPSA) is 91.4 Å². The third kappa shape index (κ3) is 3.02. The highest BCUT2D eigenvalue weighted by Gasteiger charge is 2.18. The van der Waals surface area contributed by atoms with Gasteiger partial charge in [0.05, 0.1) is 26.4 Å². The van der Waals surface area contributed by atoms with Crippen LogP contribution in [0.1, 0.15) is 12.8 Å². The van der Waals surface area contributed by atoms with Crippen LogP contribution in [0.25, 0.3) is 0 Å². The van der Waals surface area contributed by atoms with Gasteiger partial charge in [0.2, 0.25) is 0 Å². The van der Waals surface area contributed by atoms with Gasteiger partial charge in [-0.25, -0.2) is 0 Å². The molecule has 1 aromatic carbocycles. The summed E-state index contributed by atoms with van der Waals surface area (Å²) in [6.07, 6.45) is 1.47. The number of nitrogens with zero attached hydrogens (tertiary/aromatic N) is 2. The highest BCUT2D eigenvalue weighted by molar-refractivity contribution is 6.47. The van der Waals surface area contributed by atoms with Gasteiger partial charge in [-0.2, -0.15) is 0 Å². The molecule has 0 saturated heterocycles. The Morgan fingerprint density at radius 1 is 1.37 bits per heavy atom. The first kappa shape index (κ1) is 13.8. The van der Waals surface area contributed by atoms with E-state index in [1.165, 1.54) is 12.1 Å². The van der Waals surface area contributed by atoms with Gasteiger partial charge in [0, 0.05) is 18.7 Å². The first-order chi connectivity index (χ1) is 8.99. The molecule has 0 atom stereocenters. The van der Waals surface area contributed by atoms with Crippen LogP contribution in [-0.4, -0.2) is 23.0 Å². The van der Waals surface area contributed by atoms with Crippen LogP contribution in [-0.2, 0) is 0 Å². The van der Waals surface area contributed by atoms with Gasteiger partial charge in [-0.15, -0.1) is 0 Å². The standard InChI is InChI=1S/C11H10Cl2N4O2/c12-7-4-6(17(18)19)5-8(13)10(7)16-11-9(14)2-1-3-15-11/h4-5,14H,1-3H2,(H,15,16). The number of nitro groups is 1. The summed E-state index contributed by atoms with van der Waals surface area (Å²) in [6.45, 7) is 0.632. The fourth-order valence-electron chi connectivity index (χ4n) is 1.68. The molecule has 1 aliphatic rings. The number of aliphatic imine (C=N–C) groups is 1. The smallest absolute Gasteiger partial charge is 0.272 e. The molecular formula is C11H10Cl2N4O2. The van der Waals surface area contributed by atoms with E-state index < -0.39 is 4.92 Å². The van der Waals surface area contributed by atoms with E-state index in [1.807, 2.05) is 0 Å². The lowest BCUT2D eigenvalue weighted by Crippen LogP contribution is -2.26. The Kier molecular flexibility index (Phi) is 4.01. The molecule has 0 unspecified atom stereocenters. The maximum Gasteiger partial charge on any atom is 0.272 e. The Labute approximate surface area is 119 Å². The second-order valence-electron chi connectivity index (χ2n) is 3.98. The molecule has 1 aliphatic heterocycles. The lowest BCUT2D eigenvalue weighted by molar-refractivity contribution is -0.384. The van der Waals surface area contributed by atoms with E-state index >= 15 is 0 Å². The summed E-state index contributed by atoms with van der Waals surface area (Å²) in [5, 5.41) is 21.6. The number of non-ortho nitro benzene ring substituents is 1. The minimum atomic E-state index is -0.568. The summed E-state index contributed by atoms with van der Waals surface area (Å²) < 4.78 is 0. The van der Waals surface area contributed by atoms with Crippen molar-refractivity contribution in [1.82, 2.24) is 0 Å². The molecule has 2 N–H and O–H groups in total. The molecule has 8 heteroatoms. The number of amidine groups is 1. The summed E-state index contributed by atoms with van der Waals surface area (Å²) in [6, 6.07) is 2.42. The molecule has 0 bridgehead atoms. The third-order valence-electron chi connectivity index (χ3n) is 2.62. The first-order valence-corrected chi connectivity index (χ1v) is 6.27. The van der Waals surface area contributed by atoms with E-state index in [2.05, 4.69) is 10.3 Å². The molecule has 1 heterocycles. The van der Waals surface area contributed by atoms with Crippen molar-refractivity contribution in [2.45, 2.75) is 12.8 Å². The van der Waals surface area contributed by atoms with E-state index in [0.717, 1.165) is 6.42 Å². The zero-order chi connectivity index (χ0) is 14.0. The highest BCUT2D eigenvalue weighted by atomic mass is 35.5. The molecule has 0 spiro atoms. The van der Waals surface area contributed by atoms with Gasteiger partial charge in [-0.05, 0) is 12.8 Å². The van der Waals surface area contributed by atoms with Gasteiger partial charge >= 0.3 is 0 Å². The second kappa shape index (κ2) is 5.54. The first-order valence-electron chi connectivity index (χ1n) is 5.51. The van der Waals surface area contributed by atoms with Gasteiger partial charge in [-0.3, -0.25) is 15.1 Å². The van der Waals surface area contributed by atoms with Crippen LogP contribution in [0.4, 0.5) is 11.4 Å². The van der Waals surface area contributed by atoms with Crippen LogP contribution in [0, 0.1) is 15.5 Å². The lowest BCUT2D eigenvalue weighted by Gasteiger charge is -2.16. The van der Waals surface area contributed by atoms with Crippen molar-refractivity contribution < 1.29 is 4.92 Å². The predicted molar refractivity (Wildman–Crippen MR) is 76.0 cm³/mol. The average molecular weight is 301 g/mol. The summed E-state index contributed by atoms with van der Waals surface area (Å²) in [4.78, 5) is 14.3. The lowest BCUT2D eigenvalue weighted by atomic mass is 10.1. The molecule has 100 valence electrons. The van der Waals surface area contributed by atoms with E-state index in [-0.39, 0.29) is 15.7 Å². The van der Waals surface area contributed by atoms with Crippen LogP contribution in [0.3, 0.4) is 0 Å². The van der Waals surface area contributed by atoms with Crippen molar-refractivity contribution in [2.75, 3.05) is 11.9 Å². The van der Waals surface area contributed by atoms with E-state index in [4.69, 9.17) is 28.6 Å². The maximum absolute atomic E-state index is 10.7. The normalized spacial score (nSPS) is 15.1. The van der Waals surface area contributed by atoms with E-state index in [9.17, 15) is 10.1 Å². The SMILES string of the molecule is N=C1CCCN=C1Nc1c(Cl)cc([N+](=O)[O-])cc1Cl. The molecule has 0 saturated carbocycles. The summed E-state index contributed by atoms with van der Waals surface area (Å²) in [7, 11) is 0. The minimum Gasteiger partial charge on any atom is -0.337 e. The van der Waals surface area contributed by atoms with Crippen LogP contribution >= 0.6 is 23.2 Å². The molecule has 1 aromatic rings. The number of nitrogens with one attached hydrogen (secondary N) is 2. The summed E-state index contributed by atoms with van der Waals surface area (Å²) in [5.41, 5.74) is 0.525. The molecule has 2 rings (SSSR count). The Morgan fingerprint density at radius 2 is 2.00 bits per heavy atom. The van der Waals surface area contributed by atoms with Gasteiger partial charge in [-0.1, -0.05) is 23.2 Å². The number of rotatable bonds is 2. The molecule has 0 amide bonds. The molecule has 19 heavy (non-hydrogen) atoms. The van der Waals surface area contributed by atoms with Crippen molar-refractivity contribution in [3.8, 4) is 0 Å². The van der Waals surface area contributed by atoms with Crippen molar-refractivity contribution in [1.29, 1.82) is 5.41 Å². The number of hydrogen-bond acceptors (Lipinski definition) is 5. The minimum absolute atomic E-state index is 0.125. The van der Waals surface area contributed by atoms with Gasteiger partial charge < -0.3 is 10.7 Å². The quantitative estimate of drug-likeness (QED) is 0.646. The third-order valence-corrected chi connectivity index (χ3v) is 3.22. The van der Waals surface area contributed by atoms with Crippen molar-refractivity contribution >= 4 is 46.1 Å². The predicted octanol–water partition coefficient (Wildman–Crippen LogP) is 3.53. The van der Waals surface area contributed by atoms with E-state index in [1.54, 1.807) is 0 Å². The fourth-order valence-corrected chi connectivity index (χ4v) is 2.25. The van der Waals surface area contributed by atoms with Gasteiger partial charge in [0.1, 0.15) is 5.84 Å². The van der Waals surface area contributed by atoms with Crippen molar-refractivity contribution in [3.63, 3.8) is 0 Å². The number of hydrogen-bond donors (Lipinski definition) is 2. The maximum atomic E-state index is 10.7. The van der Waals surface area contributed by atoms with Crippen molar-refractivity contribution in [2.24, 2.45) is 4.99 Å². The fraction of sp³-hybridized carbons (Fsp3) is 0.273. The number of benzene rings is 1. The Hall–Kier alpha value is -1.66. The zero-order valence-electron chi connectivity index (χ0n) is 9.74. The average Bonchev–Trinajstić information content (AvgIpc) is 2.35. The van der Waals surface area contributed by atoms with Crippen LogP contribution in [0.5, 0.6) is 0 Å². The van der Waals surface area contributed by atoms with Crippen LogP contribution in [0.15, 0.2) is 17.1 Å². The second-order valence-corrected chi connectivity index (χ2v) is 4.79. The molecular weight excluding hydrogens is 291 g/mol. The van der Waals surface area contributed by atoms with Crippen LogP contribution in [0.2, 0.25) is 10.0 Å². The number of halogens is 2. The van der Waals surface area contributed by atoms with Gasteiger partial charge in [0.25, 0.3) is 5.69 Å². The van der Waals surface area contributed by atoms with E-state index in [0.29, 0.717) is 30.2 Å². The van der Waals surface area contributed by atoms with Crippen molar-refractivity contribution in [3.05, 3.63) is 32.3 Å². The zero-order valence-corrected chi connectivity index (χ0v) is 11.3. The summed E-state index contributed by atoms with van der Waals surface area (Å²) >= 11 is 11.9. The Morgan fingerprint density at radius 3 is 2.53 bits per heavy atom. The molecule has 0 fully saturated rings. The Balaban J connectivity index is 2.33. The monoisotopic (exact) mass is 300 g/mol. The number of anilines is 1. The van der Waals surface area contributed by atoms with Crippen LogP contribution < -0.4 is 5.32 Å². The molecule has 6 nitrogen and oxygen atoms in total. The van der Waals surface area contributed by atoms with Gasteiger partial charge in [0.15, 0.2) is 0 Å². The molecule has 0 radical (unpaired) electrons. The Bertz CT molecular complexity index is 563. The largest absolute Gasteiger partial charge is 0.337 e. The highest BCUT2D eigenvalue weighted by Crippen LogP contribution is 2.34. The number of nitro benzene ring substituents is 1. The summed E-state index contributed by atoms with van der Waals surface area (Å²) in [5.74, 6) is 0.406. The molecule has 0 aromatic heterocycles.